The average molecular weight is 352 g/mol. The fourth-order valence-electron chi connectivity index (χ4n) is 2.24. The van der Waals surface area contributed by atoms with E-state index in [1.807, 2.05) is 13.8 Å². The number of carbonyl (C=O) groups is 2. The Bertz CT molecular complexity index is 688. The molecule has 0 spiro atoms. The number of nitrogens with zero attached hydrogens (tertiary/aromatic N) is 1. The van der Waals surface area contributed by atoms with Crippen molar-refractivity contribution in [3.05, 3.63) is 40.6 Å². The van der Waals surface area contributed by atoms with E-state index in [2.05, 4.69) is 0 Å². The van der Waals surface area contributed by atoms with Crippen LogP contribution in [-0.4, -0.2) is 27.1 Å². The number of hydrogen-bond donors (Lipinski definition) is 0. The van der Waals surface area contributed by atoms with Gasteiger partial charge in [-0.1, -0.05) is 56.0 Å². The van der Waals surface area contributed by atoms with Gasteiger partial charge in [0.25, 0.3) is 5.91 Å². The summed E-state index contributed by atoms with van der Waals surface area (Å²) in [6.07, 6.45) is 1.62. The zero-order chi connectivity index (χ0) is 17.1. The van der Waals surface area contributed by atoms with E-state index in [-0.39, 0.29) is 27.1 Å². The van der Waals surface area contributed by atoms with Gasteiger partial charge in [0, 0.05) is 5.56 Å². The monoisotopic (exact) mass is 352 g/mol. The van der Waals surface area contributed by atoms with Gasteiger partial charge in [-0.25, -0.2) is 4.39 Å². The minimum absolute atomic E-state index is 0.0538. The van der Waals surface area contributed by atoms with Crippen LogP contribution in [0, 0.1) is 11.7 Å². The van der Waals surface area contributed by atoms with Crippen LogP contribution in [0.1, 0.15) is 25.8 Å². The van der Waals surface area contributed by atoms with Gasteiger partial charge in [0.1, 0.15) is 10.1 Å². The molecule has 1 aromatic rings. The van der Waals surface area contributed by atoms with E-state index in [1.165, 1.54) is 18.2 Å². The van der Waals surface area contributed by atoms with Gasteiger partial charge in [0.15, 0.2) is 0 Å². The molecule has 1 atom stereocenters. The summed E-state index contributed by atoms with van der Waals surface area (Å²) in [5.41, 5.74) is 0.252. The molecule has 122 valence electrons. The highest BCUT2D eigenvalue weighted by Gasteiger charge is 2.38. The first kappa shape index (κ1) is 17.6. The Morgan fingerprint density at radius 3 is 2.65 bits per heavy atom. The van der Waals surface area contributed by atoms with Gasteiger partial charge in [-0.3, -0.25) is 9.69 Å². The number of carboxylic acid groups (broad SMARTS) is 1. The summed E-state index contributed by atoms with van der Waals surface area (Å²) in [4.78, 5) is 25.1. The van der Waals surface area contributed by atoms with Gasteiger partial charge in [-0.05, 0) is 24.5 Å². The molecule has 0 unspecified atom stereocenters. The third kappa shape index (κ3) is 3.97. The second kappa shape index (κ2) is 7.23. The van der Waals surface area contributed by atoms with E-state index in [1.54, 1.807) is 12.1 Å². The lowest BCUT2D eigenvalue weighted by Gasteiger charge is -2.28. The van der Waals surface area contributed by atoms with E-state index in [0.717, 1.165) is 16.7 Å². The number of benzene rings is 1. The van der Waals surface area contributed by atoms with Crippen molar-refractivity contribution in [2.45, 2.75) is 26.3 Å². The fraction of sp³-hybridized carbons (Fsp3) is 0.312. The first-order chi connectivity index (χ1) is 10.8. The number of carbonyl (C=O) groups excluding carboxylic acids is 2. The normalized spacial score (nSPS) is 18.1. The summed E-state index contributed by atoms with van der Waals surface area (Å²) >= 11 is 6.10. The van der Waals surface area contributed by atoms with Crippen LogP contribution in [-0.2, 0) is 9.59 Å². The number of amides is 1. The SMILES string of the molecule is CC(C)C[C@H](C(=O)[O-])N1C(=O)/C(=C/c2ccccc2F)SC1=S. The maximum Gasteiger partial charge on any atom is 0.266 e. The van der Waals surface area contributed by atoms with E-state index in [9.17, 15) is 19.1 Å². The molecular weight excluding hydrogens is 337 g/mol. The molecule has 1 heterocycles. The minimum atomic E-state index is -1.35. The van der Waals surface area contributed by atoms with Crippen molar-refractivity contribution in [3.63, 3.8) is 0 Å². The standard InChI is InChI=1S/C16H16FNO3S2/c1-9(2)7-12(15(20)21)18-14(19)13(23-16(18)22)8-10-5-3-4-6-11(10)17/h3-6,8-9,12H,7H2,1-2H3,(H,20,21)/p-1/b13-8-/t12-/m1/s1. The van der Waals surface area contributed by atoms with Crippen LogP contribution in [0.3, 0.4) is 0 Å². The van der Waals surface area contributed by atoms with Gasteiger partial charge < -0.3 is 9.90 Å². The predicted molar refractivity (Wildman–Crippen MR) is 89.7 cm³/mol. The largest absolute Gasteiger partial charge is 0.548 e. The van der Waals surface area contributed by atoms with Crippen LogP contribution in [0.25, 0.3) is 6.08 Å². The Hall–Kier alpha value is -1.73. The number of thiocarbonyl (C=S) groups is 1. The molecule has 1 amide bonds. The third-order valence-electron chi connectivity index (χ3n) is 3.29. The Labute approximate surface area is 143 Å². The van der Waals surface area contributed by atoms with Crippen molar-refractivity contribution in [2.75, 3.05) is 0 Å². The molecule has 1 saturated heterocycles. The predicted octanol–water partition coefficient (Wildman–Crippen LogP) is 2.19. The van der Waals surface area contributed by atoms with Gasteiger partial charge >= 0.3 is 0 Å². The molecule has 0 aromatic heterocycles. The molecule has 4 nitrogen and oxygen atoms in total. The molecule has 1 aliphatic rings. The van der Waals surface area contributed by atoms with Gasteiger partial charge in [0.05, 0.1) is 16.9 Å². The van der Waals surface area contributed by atoms with Gasteiger partial charge in [-0.2, -0.15) is 0 Å². The fourth-order valence-corrected chi connectivity index (χ4v) is 3.58. The average Bonchev–Trinajstić information content (AvgIpc) is 2.73. The lowest BCUT2D eigenvalue weighted by Crippen LogP contribution is -2.50. The topological polar surface area (TPSA) is 60.4 Å². The molecule has 23 heavy (non-hydrogen) atoms. The van der Waals surface area contributed by atoms with Crippen molar-refractivity contribution < 1.29 is 19.1 Å². The third-order valence-corrected chi connectivity index (χ3v) is 4.62. The molecule has 1 aliphatic heterocycles. The molecule has 1 fully saturated rings. The summed E-state index contributed by atoms with van der Waals surface area (Å²) in [5, 5.41) is 11.4. The molecule has 0 radical (unpaired) electrons. The van der Waals surface area contributed by atoms with Crippen molar-refractivity contribution in [1.29, 1.82) is 0 Å². The maximum atomic E-state index is 13.7. The van der Waals surface area contributed by atoms with E-state index >= 15 is 0 Å². The van der Waals surface area contributed by atoms with Crippen molar-refractivity contribution >= 4 is 46.3 Å². The van der Waals surface area contributed by atoms with E-state index in [4.69, 9.17) is 12.2 Å². The van der Waals surface area contributed by atoms with Crippen LogP contribution in [0.5, 0.6) is 0 Å². The second-order valence-electron chi connectivity index (χ2n) is 5.54. The molecule has 2 rings (SSSR count). The van der Waals surface area contributed by atoms with Crippen LogP contribution < -0.4 is 5.11 Å². The second-order valence-corrected chi connectivity index (χ2v) is 7.21. The van der Waals surface area contributed by atoms with E-state index < -0.39 is 23.7 Å². The van der Waals surface area contributed by atoms with Crippen LogP contribution >= 0.6 is 24.0 Å². The first-order valence-corrected chi connectivity index (χ1v) is 8.26. The molecule has 0 bridgehead atoms. The maximum absolute atomic E-state index is 13.7. The smallest absolute Gasteiger partial charge is 0.266 e. The molecular formula is C16H15FNO3S2-. The lowest BCUT2D eigenvalue weighted by molar-refractivity contribution is -0.310. The molecule has 0 N–H and O–H groups in total. The first-order valence-electron chi connectivity index (χ1n) is 7.03. The minimum Gasteiger partial charge on any atom is -0.548 e. The molecule has 0 aliphatic carbocycles. The lowest BCUT2D eigenvalue weighted by atomic mass is 10.0. The van der Waals surface area contributed by atoms with Gasteiger partial charge in [0.2, 0.25) is 0 Å². The van der Waals surface area contributed by atoms with Crippen LogP contribution in [0.15, 0.2) is 29.2 Å². The number of rotatable bonds is 5. The summed E-state index contributed by atoms with van der Waals surface area (Å²) in [6, 6.07) is 4.90. The number of hydrogen-bond acceptors (Lipinski definition) is 5. The molecule has 0 saturated carbocycles. The highest BCUT2D eigenvalue weighted by Crippen LogP contribution is 2.35. The van der Waals surface area contributed by atoms with Gasteiger partial charge in [-0.15, -0.1) is 0 Å². The zero-order valence-electron chi connectivity index (χ0n) is 12.6. The van der Waals surface area contributed by atoms with Crippen molar-refractivity contribution in [2.24, 2.45) is 5.92 Å². The summed E-state index contributed by atoms with van der Waals surface area (Å²) in [5.74, 6) is -2.28. The summed E-state index contributed by atoms with van der Waals surface area (Å²) < 4.78 is 13.9. The molecule has 7 heteroatoms. The van der Waals surface area contributed by atoms with Crippen LogP contribution in [0.2, 0.25) is 0 Å². The molecule has 1 aromatic carbocycles. The highest BCUT2D eigenvalue weighted by atomic mass is 32.2. The quantitative estimate of drug-likeness (QED) is 0.600. The highest BCUT2D eigenvalue weighted by molar-refractivity contribution is 8.26. The van der Waals surface area contributed by atoms with E-state index in [0.29, 0.717) is 0 Å². The number of halogens is 1. The Kier molecular flexibility index (Phi) is 5.54. The number of aliphatic carboxylic acids is 1. The summed E-state index contributed by atoms with van der Waals surface area (Å²) in [7, 11) is 0. The van der Waals surface area contributed by atoms with Crippen molar-refractivity contribution in [1.82, 2.24) is 4.90 Å². The van der Waals surface area contributed by atoms with Crippen molar-refractivity contribution in [3.8, 4) is 0 Å². The Morgan fingerprint density at radius 1 is 1.43 bits per heavy atom. The summed E-state index contributed by atoms with van der Waals surface area (Å²) in [6.45, 7) is 3.70. The Morgan fingerprint density at radius 2 is 2.09 bits per heavy atom. The number of thioether (sulfide) groups is 1. The number of carboxylic acids is 1. The Balaban J connectivity index is 2.32. The zero-order valence-corrected chi connectivity index (χ0v) is 14.2. The van der Waals surface area contributed by atoms with Crippen LogP contribution in [0.4, 0.5) is 4.39 Å².